The Labute approximate surface area is 121 Å². The Kier molecular flexibility index (Phi) is 5.57. The van der Waals surface area contributed by atoms with Gasteiger partial charge in [-0.15, -0.1) is 0 Å². The minimum absolute atomic E-state index is 0.110. The van der Waals surface area contributed by atoms with Gasteiger partial charge in [0, 0.05) is 12.5 Å². The smallest absolute Gasteiger partial charge is 0.237 e. The van der Waals surface area contributed by atoms with Crippen LogP contribution in [0.1, 0.15) is 39.7 Å². The highest BCUT2D eigenvalue weighted by atomic mass is 16.5. The summed E-state index contributed by atoms with van der Waals surface area (Å²) in [4.78, 5) is 11.7. The molecule has 2 atom stereocenters. The van der Waals surface area contributed by atoms with Gasteiger partial charge in [-0.05, 0) is 46.8 Å². The summed E-state index contributed by atoms with van der Waals surface area (Å²) < 4.78 is 5.85. The third kappa shape index (κ3) is 4.85. The average molecular weight is 278 g/mol. The molecule has 0 aromatic heterocycles. The topological polar surface area (TPSA) is 64.3 Å². The predicted octanol–water partition coefficient (Wildman–Crippen LogP) is 2.39. The molecule has 0 aliphatic carbocycles. The van der Waals surface area contributed by atoms with Crippen LogP contribution in [-0.2, 0) is 4.79 Å². The molecule has 4 heteroatoms. The number of hydrogen-bond donors (Lipinski definition) is 2. The molecule has 2 unspecified atom stereocenters. The van der Waals surface area contributed by atoms with Crippen molar-refractivity contribution < 1.29 is 9.53 Å². The van der Waals surface area contributed by atoms with Crippen molar-refractivity contribution in [3.8, 4) is 5.75 Å². The largest absolute Gasteiger partial charge is 0.491 e. The van der Waals surface area contributed by atoms with Crippen LogP contribution >= 0.6 is 0 Å². The van der Waals surface area contributed by atoms with Gasteiger partial charge >= 0.3 is 0 Å². The van der Waals surface area contributed by atoms with E-state index in [4.69, 9.17) is 10.5 Å². The summed E-state index contributed by atoms with van der Waals surface area (Å²) in [6.07, 6.45) is 0.412. The fourth-order valence-corrected chi connectivity index (χ4v) is 2.33. The van der Waals surface area contributed by atoms with Crippen LogP contribution in [-0.4, -0.2) is 23.6 Å². The summed E-state index contributed by atoms with van der Waals surface area (Å²) in [5.41, 5.74) is 5.95. The van der Waals surface area contributed by atoms with E-state index in [1.807, 2.05) is 58.9 Å². The van der Waals surface area contributed by atoms with Gasteiger partial charge in [0.15, 0.2) is 0 Å². The van der Waals surface area contributed by atoms with Gasteiger partial charge in [-0.25, -0.2) is 0 Å². The Morgan fingerprint density at radius 1 is 1.30 bits per heavy atom. The number of aryl methyl sites for hydroxylation is 1. The second kappa shape index (κ2) is 6.75. The molecule has 0 fully saturated rings. The Morgan fingerprint density at radius 3 is 2.30 bits per heavy atom. The van der Waals surface area contributed by atoms with E-state index in [2.05, 4.69) is 5.32 Å². The average Bonchev–Trinajstić information content (AvgIpc) is 2.30. The summed E-state index contributed by atoms with van der Waals surface area (Å²) in [6, 6.07) is 8.05. The summed E-state index contributed by atoms with van der Waals surface area (Å²) in [5.74, 6) is 0.449. The predicted molar refractivity (Wildman–Crippen MR) is 81.8 cm³/mol. The van der Waals surface area contributed by atoms with Gasteiger partial charge in [-0.3, -0.25) is 4.79 Å². The highest BCUT2D eigenvalue weighted by Gasteiger charge is 2.33. The van der Waals surface area contributed by atoms with Gasteiger partial charge in [0.25, 0.3) is 0 Å². The minimum Gasteiger partial charge on any atom is -0.491 e. The zero-order chi connectivity index (χ0) is 15.3. The van der Waals surface area contributed by atoms with Crippen LogP contribution in [0.2, 0.25) is 0 Å². The maximum Gasteiger partial charge on any atom is 0.237 e. The molecule has 4 nitrogen and oxygen atoms in total. The van der Waals surface area contributed by atoms with Crippen molar-refractivity contribution >= 4 is 5.91 Å². The molecule has 1 amide bonds. The molecule has 0 saturated heterocycles. The first-order valence-corrected chi connectivity index (χ1v) is 7.04. The molecule has 1 aromatic rings. The van der Waals surface area contributed by atoms with Crippen molar-refractivity contribution in [2.75, 3.05) is 0 Å². The quantitative estimate of drug-likeness (QED) is 0.805. The molecule has 0 heterocycles. The lowest BCUT2D eigenvalue weighted by molar-refractivity contribution is -0.125. The molecule has 3 N–H and O–H groups in total. The second-order valence-corrected chi connectivity index (χ2v) is 5.94. The van der Waals surface area contributed by atoms with Crippen molar-refractivity contribution in [2.45, 2.75) is 58.7 Å². The van der Waals surface area contributed by atoms with Crippen molar-refractivity contribution in [2.24, 2.45) is 5.73 Å². The van der Waals surface area contributed by atoms with Crippen LogP contribution in [0.3, 0.4) is 0 Å². The van der Waals surface area contributed by atoms with Crippen molar-refractivity contribution in [3.63, 3.8) is 0 Å². The first-order chi connectivity index (χ1) is 9.23. The first-order valence-electron chi connectivity index (χ1n) is 7.04. The SMILES string of the molecule is Cc1ccc(OC(C)CC(C)(NC(C)C)C(N)=O)cc1. The minimum atomic E-state index is -0.766. The molecular weight excluding hydrogens is 252 g/mol. The van der Waals surface area contributed by atoms with Crippen molar-refractivity contribution in [1.82, 2.24) is 5.32 Å². The summed E-state index contributed by atoms with van der Waals surface area (Å²) in [5, 5.41) is 3.23. The highest BCUT2D eigenvalue weighted by Crippen LogP contribution is 2.19. The van der Waals surface area contributed by atoms with Gasteiger partial charge in [0.05, 0.1) is 11.6 Å². The lowest BCUT2D eigenvalue weighted by Crippen LogP contribution is -2.57. The summed E-state index contributed by atoms with van der Waals surface area (Å²) in [7, 11) is 0. The zero-order valence-electron chi connectivity index (χ0n) is 13.1. The maximum absolute atomic E-state index is 11.7. The molecule has 0 aliphatic heterocycles. The number of rotatable bonds is 7. The molecular formula is C16H26N2O2. The number of carbonyl (C=O) groups is 1. The first kappa shape index (κ1) is 16.5. The van der Waals surface area contributed by atoms with Crippen molar-refractivity contribution in [3.05, 3.63) is 29.8 Å². The molecule has 1 rings (SSSR count). The standard InChI is InChI=1S/C16H26N2O2/c1-11(2)18-16(5,15(17)19)10-13(4)20-14-8-6-12(3)7-9-14/h6-9,11,13,18H,10H2,1-5H3,(H2,17,19). The third-order valence-corrected chi connectivity index (χ3v) is 3.21. The number of ether oxygens (including phenoxy) is 1. The van der Waals surface area contributed by atoms with Gasteiger partial charge in [-0.1, -0.05) is 17.7 Å². The van der Waals surface area contributed by atoms with Crippen LogP contribution < -0.4 is 15.8 Å². The normalized spacial score (nSPS) is 15.7. The van der Waals surface area contributed by atoms with Gasteiger partial charge in [0.2, 0.25) is 5.91 Å². The molecule has 112 valence electrons. The fraction of sp³-hybridized carbons (Fsp3) is 0.562. The molecule has 0 spiro atoms. The Balaban J connectivity index is 2.69. The number of primary amides is 1. The van der Waals surface area contributed by atoms with Crippen LogP contribution in [0.25, 0.3) is 0 Å². The number of nitrogens with one attached hydrogen (secondary N) is 1. The fourth-order valence-electron chi connectivity index (χ4n) is 2.33. The van der Waals surface area contributed by atoms with Crippen LogP contribution in [0.4, 0.5) is 0 Å². The van der Waals surface area contributed by atoms with Gasteiger partial charge in [-0.2, -0.15) is 0 Å². The number of hydrogen-bond acceptors (Lipinski definition) is 3. The summed E-state index contributed by atoms with van der Waals surface area (Å²) in [6.45, 7) is 9.79. The van der Waals surface area contributed by atoms with E-state index in [0.29, 0.717) is 6.42 Å². The van der Waals surface area contributed by atoms with Gasteiger partial charge in [0.1, 0.15) is 5.75 Å². The Bertz CT molecular complexity index is 442. The van der Waals surface area contributed by atoms with E-state index in [9.17, 15) is 4.79 Å². The van der Waals surface area contributed by atoms with E-state index in [1.165, 1.54) is 5.56 Å². The van der Waals surface area contributed by atoms with Crippen molar-refractivity contribution in [1.29, 1.82) is 0 Å². The number of amides is 1. The summed E-state index contributed by atoms with van der Waals surface area (Å²) >= 11 is 0. The van der Waals surface area contributed by atoms with E-state index in [0.717, 1.165) is 5.75 Å². The zero-order valence-corrected chi connectivity index (χ0v) is 13.1. The van der Waals surface area contributed by atoms with E-state index in [-0.39, 0.29) is 18.1 Å². The lowest BCUT2D eigenvalue weighted by atomic mass is 9.93. The Morgan fingerprint density at radius 2 is 1.85 bits per heavy atom. The molecule has 0 radical (unpaired) electrons. The molecule has 20 heavy (non-hydrogen) atoms. The molecule has 0 saturated carbocycles. The number of nitrogens with two attached hydrogens (primary N) is 1. The monoisotopic (exact) mass is 278 g/mol. The lowest BCUT2D eigenvalue weighted by Gasteiger charge is -2.32. The molecule has 0 aliphatic rings. The number of benzene rings is 1. The van der Waals surface area contributed by atoms with E-state index < -0.39 is 5.54 Å². The molecule has 0 bridgehead atoms. The van der Waals surface area contributed by atoms with Gasteiger partial charge < -0.3 is 15.8 Å². The third-order valence-electron chi connectivity index (χ3n) is 3.21. The molecule has 1 aromatic carbocycles. The van der Waals surface area contributed by atoms with Crippen LogP contribution in [0.15, 0.2) is 24.3 Å². The second-order valence-electron chi connectivity index (χ2n) is 5.94. The van der Waals surface area contributed by atoms with E-state index >= 15 is 0 Å². The highest BCUT2D eigenvalue weighted by molar-refractivity contribution is 5.84. The van der Waals surface area contributed by atoms with Crippen LogP contribution in [0.5, 0.6) is 5.75 Å². The van der Waals surface area contributed by atoms with Crippen LogP contribution in [0, 0.1) is 6.92 Å². The van der Waals surface area contributed by atoms with E-state index in [1.54, 1.807) is 0 Å². The maximum atomic E-state index is 11.7. The number of carbonyl (C=O) groups excluding carboxylic acids is 1. The Hall–Kier alpha value is -1.55.